The summed E-state index contributed by atoms with van der Waals surface area (Å²) in [6.07, 6.45) is 7.53. The number of nitrogens with zero attached hydrogens (tertiary/aromatic N) is 6. The molecule has 0 aromatic rings. The maximum absolute atomic E-state index is 10.7. The average molecular weight is 428 g/mol. The first-order chi connectivity index (χ1) is 11.8. The molecule has 26 heavy (non-hydrogen) atoms. The quantitative estimate of drug-likeness (QED) is 0.166. The molecule has 6 nitrogen and oxygen atoms in total. The van der Waals surface area contributed by atoms with Gasteiger partial charge < -0.3 is 0 Å². The Morgan fingerprint density at radius 1 is 0.654 bits per heavy atom. The van der Waals surface area contributed by atoms with Gasteiger partial charge >= 0.3 is 40.9 Å². The molecule has 154 valence electrons. The Hall–Kier alpha value is -0.370. The summed E-state index contributed by atoms with van der Waals surface area (Å²) in [5.74, 6) is 0. The first-order valence-corrected chi connectivity index (χ1v) is 12.2. The minimum absolute atomic E-state index is 1.11. The van der Waals surface area contributed by atoms with Crippen LogP contribution in [-0.4, -0.2) is 53.3 Å². The van der Waals surface area contributed by atoms with Crippen molar-refractivity contribution < 1.29 is 25.2 Å². The molecule has 3 rings (SSSR count). The Labute approximate surface area is 148 Å². The molecule has 3 fully saturated rings. The topological polar surface area (TPSA) is 58.5 Å². The van der Waals surface area contributed by atoms with E-state index in [4.69, 9.17) is 0 Å². The molecule has 0 unspecified atom stereocenters. The van der Waals surface area contributed by atoms with Gasteiger partial charge in [0.1, 0.15) is 4.88 Å². The predicted molar refractivity (Wildman–Crippen MR) is 92.1 cm³/mol. The summed E-state index contributed by atoms with van der Waals surface area (Å²) in [7, 11) is -12.6. The minimum Gasteiger partial charge on any atom is -0.137 e. The van der Waals surface area contributed by atoms with Crippen LogP contribution in [0.2, 0.25) is 0 Å². The third kappa shape index (κ3) is 6.66. The van der Waals surface area contributed by atoms with Gasteiger partial charge in [0.25, 0.3) is 0 Å². The van der Waals surface area contributed by atoms with E-state index in [2.05, 4.69) is 23.8 Å². The van der Waals surface area contributed by atoms with E-state index in [-0.39, 0.29) is 0 Å². The van der Waals surface area contributed by atoms with E-state index in [1.165, 1.54) is 38.5 Å². The molecule has 3 aliphatic heterocycles. The van der Waals surface area contributed by atoms with E-state index in [1.54, 1.807) is 0 Å². The van der Waals surface area contributed by atoms with Gasteiger partial charge in [0.05, 0.1) is 0 Å². The zero-order chi connectivity index (χ0) is 19.5. The monoisotopic (exact) mass is 428 g/mol. The van der Waals surface area contributed by atoms with Gasteiger partial charge in [-0.05, 0) is 44.1 Å². The summed E-state index contributed by atoms with van der Waals surface area (Å²) in [5.41, 5.74) is 9.19. The molecule has 3 saturated heterocycles. The molecule has 0 N–H and O–H groups in total. The van der Waals surface area contributed by atoms with Gasteiger partial charge in [-0.25, -0.2) is 0 Å². The molecule has 0 bridgehead atoms. The second kappa shape index (κ2) is 7.22. The van der Waals surface area contributed by atoms with E-state index >= 15 is 0 Å². The van der Waals surface area contributed by atoms with Crippen LogP contribution in [0.1, 0.15) is 38.5 Å². The van der Waals surface area contributed by atoms with Crippen LogP contribution in [0.5, 0.6) is 0 Å². The summed E-state index contributed by atoms with van der Waals surface area (Å²) in [6.45, 7) is 6.67. The second-order valence-electron chi connectivity index (χ2n) is 6.66. The molecular weight excluding hydrogens is 404 g/mol. The van der Waals surface area contributed by atoms with Crippen LogP contribution in [-0.2, 0) is 0 Å². The Morgan fingerprint density at radius 2 is 0.885 bits per heavy atom. The fourth-order valence-electron chi connectivity index (χ4n) is 3.67. The summed E-state index contributed by atoms with van der Waals surface area (Å²) in [6, 6.07) is 0. The second-order valence-corrected chi connectivity index (χ2v) is 11.5. The van der Waals surface area contributed by atoms with Crippen LogP contribution in [0.25, 0.3) is 10.4 Å². The maximum Gasteiger partial charge on any atom is 0.343 e. The van der Waals surface area contributed by atoms with Crippen LogP contribution >= 0.6 is 15.7 Å². The van der Waals surface area contributed by atoms with Crippen molar-refractivity contribution in [3.63, 3.8) is 0 Å². The molecule has 0 amide bonds. The van der Waals surface area contributed by atoms with Crippen molar-refractivity contribution in [2.24, 2.45) is 4.88 Å². The number of halogens is 6. The van der Waals surface area contributed by atoms with Crippen molar-refractivity contribution in [2.75, 3.05) is 39.3 Å². The van der Waals surface area contributed by atoms with Gasteiger partial charge in [-0.15, -0.1) is 14.0 Å². The molecule has 0 radical (unpaired) electrons. The molecule has 0 aromatic heterocycles. The summed E-state index contributed by atoms with van der Waals surface area (Å²) >= 11 is 0. The molecule has 0 saturated carbocycles. The predicted octanol–water partition coefficient (Wildman–Crippen LogP) is 6.64. The van der Waals surface area contributed by atoms with Gasteiger partial charge in [-0.1, -0.05) is 0 Å². The fraction of sp³-hybridized carbons (Fsp3) is 1.00. The van der Waals surface area contributed by atoms with Crippen molar-refractivity contribution in [1.82, 2.24) is 14.0 Å². The summed E-state index contributed by atoms with van der Waals surface area (Å²) in [5, 5.41) is 0. The fourth-order valence-corrected chi connectivity index (χ4v) is 7.64. The summed E-state index contributed by atoms with van der Waals surface area (Å²) < 4.78 is 66.8. The SMILES string of the molecule is F[P-](F)(F)(F)(F)F.[N-]=[N+]=N[P+](N1CCCC1)(N1CCCC1)N1CCCC1. The largest absolute Gasteiger partial charge is 0.343 e. The molecule has 0 atom stereocenters. The Kier molecular flexibility index (Phi) is 6.09. The number of azide groups is 1. The van der Waals surface area contributed by atoms with Gasteiger partial charge in [0, 0.05) is 44.2 Å². The standard InChI is InChI=1S/C12H24N6P.F6P/c13-14-15-19(16-7-1-2-8-16,17-9-3-4-10-17)18-11-5-6-12-18;1-7(2,3,4,5)6/h1-12H2;/q+1;-1. The molecular formula is C12H24F6N6P2. The van der Waals surface area contributed by atoms with Crippen LogP contribution < -0.4 is 0 Å². The van der Waals surface area contributed by atoms with Crippen LogP contribution in [0.3, 0.4) is 0 Å². The third-order valence-corrected chi connectivity index (χ3v) is 8.34. The average Bonchev–Trinajstić information content (AvgIpc) is 3.24. The molecule has 0 aromatic carbocycles. The van der Waals surface area contributed by atoms with Gasteiger partial charge in [0.15, 0.2) is 0 Å². The van der Waals surface area contributed by atoms with E-state index in [0.717, 1.165) is 39.3 Å². The zero-order valence-corrected chi connectivity index (χ0v) is 16.1. The number of rotatable bonds is 4. The summed E-state index contributed by atoms with van der Waals surface area (Å²) in [4.78, 5) is 7.76. The number of hydrogen-bond donors (Lipinski definition) is 0. The maximum atomic E-state index is 9.87. The van der Waals surface area contributed by atoms with Crippen LogP contribution in [0.15, 0.2) is 4.88 Å². The van der Waals surface area contributed by atoms with Crippen molar-refractivity contribution in [3.05, 3.63) is 10.4 Å². The van der Waals surface area contributed by atoms with Crippen molar-refractivity contribution in [2.45, 2.75) is 38.5 Å². The van der Waals surface area contributed by atoms with Crippen molar-refractivity contribution in [1.29, 1.82) is 0 Å². The van der Waals surface area contributed by atoms with E-state index in [1.807, 2.05) is 0 Å². The van der Waals surface area contributed by atoms with E-state index < -0.39 is 15.7 Å². The van der Waals surface area contributed by atoms with E-state index in [9.17, 15) is 30.7 Å². The Balaban J connectivity index is 0.000000298. The minimum atomic E-state index is -10.7. The van der Waals surface area contributed by atoms with Gasteiger partial charge in [0.2, 0.25) is 0 Å². The number of hydrogen-bond acceptors (Lipinski definition) is 4. The zero-order valence-electron chi connectivity index (χ0n) is 14.3. The smallest absolute Gasteiger partial charge is 0.137 e. The van der Waals surface area contributed by atoms with Crippen LogP contribution in [0, 0.1) is 0 Å². The van der Waals surface area contributed by atoms with Crippen molar-refractivity contribution in [3.8, 4) is 0 Å². The molecule has 0 aliphatic carbocycles. The van der Waals surface area contributed by atoms with E-state index in [0.29, 0.717) is 0 Å². The van der Waals surface area contributed by atoms with Crippen LogP contribution in [0.4, 0.5) is 25.2 Å². The molecule has 0 spiro atoms. The third-order valence-electron chi connectivity index (χ3n) is 4.55. The first kappa shape index (κ1) is 21.9. The molecule has 3 heterocycles. The van der Waals surface area contributed by atoms with Gasteiger partial charge in [-0.2, -0.15) is 0 Å². The molecule has 3 aliphatic rings. The van der Waals surface area contributed by atoms with Gasteiger partial charge in [-0.3, -0.25) is 0 Å². The molecule has 14 heteroatoms. The normalized spacial score (nSPS) is 25.9. The first-order valence-electron chi connectivity index (χ1n) is 8.61. The Bertz CT molecular complexity index is 481. The Morgan fingerprint density at radius 3 is 1.08 bits per heavy atom. The van der Waals surface area contributed by atoms with Crippen molar-refractivity contribution >= 4 is 15.7 Å².